The van der Waals surface area contributed by atoms with E-state index in [1.165, 1.54) is 4.31 Å². The quantitative estimate of drug-likeness (QED) is 0.497. The van der Waals surface area contributed by atoms with Crippen LogP contribution < -0.4 is 5.56 Å². The summed E-state index contributed by atoms with van der Waals surface area (Å²) >= 11 is 3.35. The average molecular weight is 519 g/mol. The smallest absolute Gasteiger partial charge is 0.261 e. The molecule has 32 heavy (non-hydrogen) atoms. The SMILES string of the molecule is CCCn1c([C@H](C)N2CCN(S(=O)(=O)c3ccc(Br)cc3)CC2)nc2ccccc2c1=O. The van der Waals surface area contributed by atoms with E-state index in [1.807, 2.05) is 38.1 Å². The summed E-state index contributed by atoms with van der Waals surface area (Å²) in [4.78, 5) is 20.4. The van der Waals surface area contributed by atoms with E-state index in [9.17, 15) is 13.2 Å². The summed E-state index contributed by atoms with van der Waals surface area (Å²) in [5, 5.41) is 0.627. The first kappa shape index (κ1) is 23.1. The van der Waals surface area contributed by atoms with Crippen LogP contribution in [-0.2, 0) is 16.6 Å². The monoisotopic (exact) mass is 518 g/mol. The second kappa shape index (κ2) is 9.43. The molecule has 0 amide bonds. The van der Waals surface area contributed by atoms with Crippen molar-refractivity contribution < 1.29 is 8.42 Å². The van der Waals surface area contributed by atoms with Crippen LogP contribution in [0.25, 0.3) is 10.9 Å². The third-order valence-electron chi connectivity index (χ3n) is 5.98. The van der Waals surface area contributed by atoms with E-state index in [4.69, 9.17) is 4.98 Å². The molecule has 0 spiro atoms. The highest BCUT2D eigenvalue weighted by Crippen LogP contribution is 2.25. The summed E-state index contributed by atoms with van der Waals surface area (Å²) in [5.74, 6) is 0.736. The first-order valence-electron chi connectivity index (χ1n) is 10.8. The zero-order valence-electron chi connectivity index (χ0n) is 18.2. The van der Waals surface area contributed by atoms with Crippen LogP contribution >= 0.6 is 15.9 Å². The summed E-state index contributed by atoms with van der Waals surface area (Å²) in [7, 11) is -3.53. The highest BCUT2D eigenvalue weighted by Gasteiger charge is 2.31. The van der Waals surface area contributed by atoms with Crippen LogP contribution in [0.1, 0.15) is 32.1 Å². The van der Waals surface area contributed by atoms with E-state index in [0.29, 0.717) is 48.5 Å². The molecule has 0 aliphatic carbocycles. The standard InChI is InChI=1S/C23H27BrN4O3S/c1-3-12-28-22(25-21-7-5-4-6-20(21)23(28)29)17(2)26-13-15-27(16-14-26)32(30,31)19-10-8-18(24)9-11-19/h4-11,17H,3,12-16H2,1-2H3/t17-/m0/s1. The first-order valence-corrected chi connectivity index (χ1v) is 13.1. The Balaban J connectivity index is 1.56. The topological polar surface area (TPSA) is 75.5 Å². The molecule has 4 rings (SSSR count). The maximum absolute atomic E-state index is 13.1. The molecule has 1 aromatic heterocycles. The number of fused-ring (bicyclic) bond motifs is 1. The number of hydrogen-bond acceptors (Lipinski definition) is 5. The molecule has 1 aliphatic rings. The molecule has 0 unspecified atom stereocenters. The second-order valence-electron chi connectivity index (χ2n) is 8.01. The van der Waals surface area contributed by atoms with Gasteiger partial charge in [-0.3, -0.25) is 14.3 Å². The maximum Gasteiger partial charge on any atom is 0.261 e. The van der Waals surface area contributed by atoms with Gasteiger partial charge in [0, 0.05) is 37.2 Å². The van der Waals surface area contributed by atoms with E-state index in [2.05, 4.69) is 20.8 Å². The number of benzene rings is 2. The second-order valence-corrected chi connectivity index (χ2v) is 10.9. The third-order valence-corrected chi connectivity index (χ3v) is 8.43. The maximum atomic E-state index is 13.1. The summed E-state index contributed by atoms with van der Waals surface area (Å²) < 4.78 is 30.2. The molecule has 2 heterocycles. The molecule has 0 saturated carbocycles. The predicted molar refractivity (Wildman–Crippen MR) is 129 cm³/mol. The van der Waals surface area contributed by atoms with Crippen LogP contribution in [0, 0.1) is 0 Å². The Bertz CT molecular complexity index is 1270. The van der Waals surface area contributed by atoms with Gasteiger partial charge >= 0.3 is 0 Å². The van der Waals surface area contributed by atoms with E-state index in [1.54, 1.807) is 28.8 Å². The summed E-state index contributed by atoms with van der Waals surface area (Å²) in [6, 6.07) is 14.1. The normalized spacial score (nSPS) is 17.0. The van der Waals surface area contributed by atoms with Crippen molar-refractivity contribution in [1.29, 1.82) is 0 Å². The summed E-state index contributed by atoms with van der Waals surface area (Å²) in [5.41, 5.74) is 0.680. The zero-order chi connectivity index (χ0) is 22.9. The van der Waals surface area contributed by atoms with Crippen molar-refractivity contribution in [2.24, 2.45) is 0 Å². The number of halogens is 1. The molecule has 7 nitrogen and oxygen atoms in total. The minimum Gasteiger partial charge on any atom is -0.295 e. The molecule has 0 bridgehead atoms. The Hall–Kier alpha value is -2.07. The molecule has 1 fully saturated rings. The van der Waals surface area contributed by atoms with Crippen molar-refractivity contribution in [2.75, 3.05) is 26.2 Å². The van der Waals surface area contributed by atoms with Gasteiger partial charge < -0.3 is 0 Å². The molecule has 1 saturated heterocycles. The number of sulfonamides is 1. The molecule has 0 N–H and O–H groups in total. The number of aromatic nitrogens is 2. The van der Waals surface area contributed by atoms with Crippen LogP contribution in [0.4, 0.5) is 0 Å². The van der Waals surface area contributed by atoms with Crippen LogP contribution in [0.2, 0.25) is 0 Å². The Morgan fingerprint density at radius 1 is 1.03 bits per heavy atom. The largest absolute Gasteiger partial charge is 0.295 e. The number of rotatable bonds is 6. The van der Waals surface area contributed by atoms with Crippen molar-refractivity contribution in [2.45, 2.75) is 37.8 Å². The van der Waals surface area contributed by atoms with Gasteiger partial charge in [-0.25, -0.2) is 13.4 Å². The number of hydrogen-bond donors (Lipinski definition) is 0. The Labute approximate surface area is 196 Å². The molecule has 1 aliphatic heterocycles. The molecule has 170 valence electrons. The van der Waals surface area contributed by atoms with Crippen LogP contribution in [0.15, 0.2) is 62.7 Å². The van der Waals surface area contributed by atoms with E-state index < -0.39 is 10.0 Å². The molecule has 9 heteroatoms. The highest BCUT2D eigenvalue weighted by molar-refractivity contribution is 9.10. The van der Waals surface area contributed by atoms with Crippen LogP contribution in [-0.4, -0.2) is 53.4 Å². The van der Waals surface area contributed by atoms with Crippen molar-refractivity contribution in [3.05, 3.63) is 69.2 Å². The lowest BCUT2D eigenvalue weighted by Gasteiger charge is -2.37. The van der Waals surface area contributed by atoms with Gasteiger partial charge in [-0.15, -0.1) is 0 Å². The van der Waals surface area contributed by atoms with E-state index in [0.717, 1.165) is 16.7 Å². The molecule has 3 aromatic rings. The van der Waals surface area contributed by atoms with Gasteiger partial charge in [-0.2, -0.15) is 4.31 Å². The molecule has 0 radical (unpaired) electrons. The lowest BCUT2D eigenvalue weighted by Crippen LogP contribution is -2.49. The van der Waals surface area contributed by atoms with Crippen molar-refractivity contribution >= 4 is 36.9 Å². The highest BCUT2D eigenvalue weighted by atomic mass is 79.9. The fourth-order valence-corrected chi connectivity index (χ4v) is 5.88. The van der Waals surface area contributed by atoms with E-state index in [-0.39, 0.29) is 11.6 Å². The first-order chi connectivity index (χ1) is 15.3. The molecule has 1 atom stereocenters. The Morgan fingerprint density at radius 3 is 2.34 bits per heavy atom. The van der Waals surface area contributed by atoms with Crippen LogP contribution in [0.3, 0.4) is 0 Å². The van der Waals surface area contributed by atoms with Crippen molar-refractivity contribution in [3.63, 3.8) is 0 Å². The summed E-state index contributed by atoms with van der Waals surface area (Å²) in [6.07, 6.45) is 0.832. The molecule has 2 aromatic carbocycles. The van der Waals surface area contributed by atoms with Gasteiger partial charge in [0.05, 0.1) is 21.8 Å². The lowest BCUT2D eigenvalue weighted by molar-refractivity contribution is 0.138. The zero-order valence-corrected chi connectivity index (χ0v) is 20.6. The number of nitrogens with zero attached hydrogens (tertiary/aromatic N) is 4. The fourth-order valence-electron chi connectivity index (χ4n) is 4.19. The average Bonchev–Trinajstić information content (AvgIpc) is 2.81. The number of piperazine rings is 1. The Morgan fingerprint density at radius 2 is 1.69 bits per heavy atom. The summed E-state index contributed by atoms with van der Waals surface area (Å²) in [6.45, 7) is 6.64. The minimum atomic E-state index is -3.53. The fraction of sp³-hybridized carbons (Fsp3) is 0.391. The number of para-hydroxylation sites is 1. The van der Waals surface area contributed by atoms with Gasteiger partial charge in [-0.05, 0) is 49.7 Å². The lowest BCUT2D eigenvalue weighted by atomic mass is 10.2. The van der Waals surface area contributed by atoms with Gasteiger partial charge in [0.2, 0.25) is 10.0 Å². The van der Waals surface area contributed by atoms with Crippen LogP contribution in [0.5, 0.6) is 0 Å². The molecular formula is C23H27BrN4O3S. The van der Waals surface area contributed by atoms with Gasteiger partial charge in [0.25, 0.3) is 5.56 Å². The van der Waals surface area contributed by atoms with Crippen molar-refractivity contribution in [1.82, 2.24) is 18.8 Å². The minimum absolute atomic E-state index is 0.0178. The third kappa shape index (κ3) is 4.39. The molecular weight excluding hydrogens is 492 g/mol. The van der Waals surface area contributed by atoms with Gasteiger partial charge in [-0.1, -0.05) is 35.0 Å². The van der Waals surface area contributed by atoms with Gasteiger partial charge in [0.15, 0.2) is 0 Å². The van der Waals surface area contributed by atoms with E-state index >= 15 is 0 Å². The van der Waals surface area contributed by atoms with Crippen molar-refractivity contribution in [3.8, 4) is 0 Å². The predicted octanol–water partition coefficient (Wildman–Crippen LogP) is 3.64. The Kier molecular flexibility index (Phi) is 6.80. The van der Waals surface area contributed by atoms with Gasteiger partial charge in [0.1, 0.15) is 5.82 Å².